The van der Waals surface area contributed by atoms with Crippen molar-refractivity contribution in [1.82, 2.24) is 14.9 Å². The number of thioether (sulfide) groups is 1. The molecule has 2 aromatic carbocycles. The van der Waals surface area contributed by atoms with Crippen molar-refractivity contribution >= 4 is 29.3 Å². The Morgan fingerprint density at radius 3 is 2.50 bits per heavy atom. The van der Waals surface area contributed by atoms with Gasteiger partial charge in [-0.2, -0.15) is 8.78 Å². The summed E-state index contributed by atoms with van der Waals surface area (Å²) in [5.41, 5.74) is 1.20. The number of methoxy groups -OCH3 is 1. The molecule has 0 fully saturated rings. The highest BCUT2D eigenvalue weighted by atomic mass is 32.2. The van der Waals surface area contributed by atoms with Gasteiger partial charge in [0.05, 0.1) is 24.1 Å². The number of carbonyl (C=O) groups is 2. The van der Waals surface area contributed by atoms with E-state index in [1.807, 2.05) is 0 Å². The molecule has 0 unspecified atom stereocenters. The maximum absolute atomic E-state index is 12.7. The Morgan fingerprint density at radius 2 is 1.84 bits per heavy atom. The minimum absolute atomic E-state index is 0.00213. The van der Waals surface area contributed by atoms with E-state index >= 15 is 0 Å². The third kappa shape index (κ3) is 5.14. The lowest BCUT2D eigenvalue weighted by Crippen LogP contribution is -2.29. The second-order valence-corrected chi connectivity index (χ2v) is 7.27. The largest absolute Gasteiger partial charge is 0.465 e. The van der Waals surface area contributed by atoms with Gasteiger partial charge >= 0.3 is 12.6 Å². The van der Waals surface area contributed by atoms with Crippen molar-refractivity contribution in [3.63, 3.8) is 0 Å². The molecule has 168 valence electrons. The first-order valence-corrected chi connectivity index (χ1v) is 10.1. The summed E-state index contributed by atoms with van der Waals surface area (Å²) < 4.78 is 34.8. The van der Waals surface area contributed by atoms with Crippen LogP contribution in [0.25, 0.3) is 11.4 Å². The number of hydrogen-bond donors (Lipinski definition) is 1. The number of halogens is 2. The number of benzene rings is 2. The molecule has 12 heteroatoms. The van der Waals surface area contributed by atoms with Crippen LogP contribution in [0.4, 0.5) is 14.5 Å². The zero-order chi connectivity index (χ0) is 23.3. The van der Waals surface area contributed by atoms with Crippen molar-refractivity contribution in [2.75, 3.05) is 30.7 Å². The van der Waals surface area contributed by atoms with Crippen LogP contribution in [0.5, 0.6) is 5.75 Å². The number of nitrogens with two attached hydrogens (primary N) is 1. The summed E-state index contributed by atoms with van der Waals surface area (Å²) in [5.74, 6) is 5.45. The van der Waals surface area contributed by atoms with E-state index in [-0.39, 0.29) is 34.0 Å². The second-order valence-electron chi connectivity index (χ2n) is 6.33. The van der Waals surface area contributed by atoms with E-state index in [1.54, 1.807) is 31.3 Å². The molecule has 0 saturated carbocycles. The van der Waals surface area contributed by atoms with Crippen molar-refractivity contribution in [3.05, 3.63) is 54.1 Å². The van der Waals surface area contributed by atoms with Gasteiger partial charge in [-0.25, -0.2) is 9.47 Å². The maximum atomic E-state index is 12.7. The number of alkyl halides is 2. The normalized spacial score (nSPS) is 10.8. The quantitative estimate of drug-likeness (QED) is 0.308. The molecule has 9 nitrogen and oxygen atoms in total. The van der Waals surface area contributed by atoms with Crippen LogP contribution in [0.2, 0.25) is 0 Å². The number of para-hydroxylation sites is 1. The SMILES string of the molecule is COC(=O)c1ccccc1N(C)C(=O)CSc1nnc(-c2ccc(OC(F)F)cc2)n1N. The van der Waals surface area contributed by atoms with E-state index in [0.717, 1.165) is 11.8 Å². The third-order valence-electron chi connectivity index (χ3n) is 4.37. The van der Waals surface area contributed by atoms with Gasteiger partial charge in [0.2, 0.25) is 11.1 Å². The molecule has 1 heterocycles. The van der Waals surface area contributed by atoms with Gasteiger partial charge in [0.15, 0.2) is 5.82 Å². The second kappa shape index (κ2) is 10.1. The van der Waals surface area contributed by atoms with E-state index in [1.165, 1.54) is 41.0 Å². The first-order valence-electron chi connectivity index (χ1n) is 9.14. The number of carbonyl (C=O) groups excluding carboxylic acids is 2. The van der Waals surface area contributed by atoms with Crippen LogP contribution in [0.3, 0.4) is 0 Å². The Balaban J connectivity index is 1.69. The molecule has 1 aromatic heterocycles. The summed E-state index contributed by atoms with van der Waals surface area (Å²) in [4.78, 5) is 26.0. The number of hydrogen-bond acceptors (Lipinski definition) is 8. The molecule has 0 atom stereocenters. The van der Waals surface area contributed by atoms with E-state index in [4.69, 9.17) is 10.6 Å². The van der Waals surface area contributed by atoms with Gasteiger partial charge in [0.1, 0.15) is 5.75 Å². The summed E-state index contributed by atoms with van der Waals surface area (Å²) in [6, 6.07) is 12.3. The molecule has 0 radical (unpaired) electrons. The standard InChI is InChI=1S/C20H19F2N5O4S/c1-26(15-6-4-3-5-14(15)18(29)30-2)16(28)11-32-20-25-24-17(27(20)23)12-7-9-13(10-8-12)31-19(21)22/h3-10,19H,11,23H2,1-2H3. The highest BCUT2D eigenvalue weighted by molar-refractivity contribution is 7.99. The topological polar surface area (TPSA) is 113 Å². The third-order valence-corrected chi connectivity index (χ3v) is 5.30. The molecular weight excluding hydrogens is 444 g/mol. The van der Waals surface area contributed by atoms with E-state index < -0.39 is 12.6 Å². The summed E-state index contributed by atoms with van der Waals surface area (Å²) >= 11 is 1.06. The first kappa shape index (κ1) is 23.0. The minimum atomic E-state index is -2.92. The van der Waals surface area contributed by atoms with E-state index in [2.05, 4.69) is 14.9 Å². The van der Waals surface area contributed by atoms with Gasteiger partial charge in [0.25, 0.3) is 0 Å². The fraction of sp³-hybridized carbons (Fsp3) is 0.200. The van der Waals surface area contributed by atoms with Gasteiger partial charge in [-0.1, -0.05) is 23.9 Å². The lowest BCUT2D eigenvalue weighted by molar-refractivity contribution is -0.115. The van der Waals surface area contributed by atoms with Gasteiger partial charge in [-0.05, 0) is 36.4 Å². The van der Waals surface area contributed by atoms with E-state index in [9.17, 15) is 18.4 Å². The van der Waals surface area contributed by atoms with Crippen LogP contribution in [0.1, 0.15) is 10.4 Å². The van der Waals surface area contributed by atoms with Crippen molar-refractivity contribution in [3.8, 4) is 17.1 Å². The summed E-state index contributed by atoms with van der Waals surface area (Å²) in [5, 5.41) is 8.25. The summed E-state index contributed by atoms with van der Waals surface area (Å²) in [6.45, 7) is -2.92. The Morgan fingerprint density at radius 1 is 1.16 bits per heavy atom. The molecule has 0 bridgehead atoms. The molecule has 32 heavy (non-hydrogen) atoms. The number of nitrogens with zero attached hydrogens (tertiary/aromatic N) is 4. The van der Waals surface area contributed by atoms with Crippen molar-refractivity contribution in [2.24, 2.45) is 0 Å². The molecule has 1 amide bonds. The molecule has 0 aliphatic heterocycles. The monoisotopic (exact) mass is 463 g/mol. The Bertz CT molecular complexity index is 1110. The van der Waals surface area contributed by atoms with Crippen molar-refractivity contribution < 1.29 is 27.8 Å². The first-order chi connectivity index (χ1) is 15.3. The number of amides is 1. The Hall–Kier alpha value is -3.67. The molecule has 3 rings (SSSR count). The molecule has 0 aliphatic carbocycles. The highest BCUT2D eigenvalue weighted by Gasteiger charge is 2.20. The fourth-order valence-corrected chi connectivity index (χ4v) is 3.53. The predicted molar refractivity (Wildman–Crippen MR) is 114 cm³/mol. The molecule has 3 aromatic rings. The van der Waals surface area contributed by atoms with Gasteiger partial charge in [0, 0.05) is 12.6 Å². The highest BCUT2D eigenvalue weighted by Crippen LogP contribution is 2.26. The number of nitrogen functional groups attached to an aromatic ring is 1. The van der Waals surface area contributed by atoms with Crippen molar-refractivity contribution in [2.45, 2.75) is 11.8 Å². The molecule has 0 saturated heterocycles. The summed E-state index contributed by atoms with van der Waals surface area (Å²) in [7, 11) is 2.81. The number of esters is 1. The van der Waals surface area contributed by atoms with Crippen LogP contribution < -0.4 is 15.5 Å². The number of rotatable bonds is 8. The Labute approximate surface area is 186 Å². The van der Waals surface area contributed by atoms with Crippen LogP contribution in [0.15, 0.2) is 53.7 Å². The smallest absolute Gasteiger partial charge is 0.387 e. The van der Waals surface area contributed by atoms with Gasteiger partial charge in [-0.3, -0.25) is 4.79 Å². The lowest BCUT2D eigenvalue weighted by Gasteiger charge is -2.19. The number of ether oxygens (including phenoxy) is 2. The van der Waals surface area contributed by atoms with Crippen LogP contribution in [0, 0.1) is 0 Å². The summed E-state index contributed by atoms with van der Waals surface area (Å²) in [6.07, 6.45) is 0. The minimum Gasteiger partial charge on any atom is -0.465 e. The molecule has 0 spiro atoms. The maximum Gasteiger partial charge on any atom is 0.387 e. The number of anilines is 1. The predicted octanol–water partition coefficient (Wildman–Crippen LogP) is 2.80. The van der Waals surface area contributed by atoms with Crippen LogP contribution in [-0.4, -0.2) is 53.3 Å². The van der Waals surface area contributed by atoms with E-state index in [0.29, 0.717) is 11.3 Å². The van der Waals surface area contributed by atoms with Gasteiger partial charge in [-0.15, -0.1) is 10.2 Å². The van der Waals surface area contributed by atoms with Crippen LogP contribution in [-0.2, 0) is 9.53 Å². The molecule has 2 N–H and O–H groups in total. The average Bonchev–Trinajstić information content (AvgIpc) is 3.16. The zero-order valence-electron chi connectivity index (χ0n) is 17.1. The van der Waals surface area contributed by atoms with Crippen molar-refractivity contribution in [1.29, 1.82) is 0 Å². The van der Waals surface area contributed by atoms with Crippen LogP contribution >= 0.6 is 11.8 Å². The Kier molecular flexibility index (Phi) is 7.25. The lowest BCUT2D eigenvalue weighted by atomic mass is 10.1. The average molecular weight is 463 g/mol. The molecular formula is C20H19F2N5O4S. The van der Waals surface area contributed by atoms with Gasteiger partial charge < -0.3 is 20.2 Å². The molecule has 0 aliphatic rings. The fourth-order valence-electron chi connectivity index (χ4n) is 2.76. The number of aromatic nitrogens is 3. The zero-order valence-corrected chi connectivity index (χ0v) is 17.9.